The van der Waals surface area contributed by atoms with Crippen LogP contribution in [-0.2, 0) is 22.9 Å². The van der Waals surface area contributed by atoms with E-state index >= 15 is 0 Å². The molecule has 0 aliphatic heterocycles. The quantitative estimate of drug-likeness (QED) is 0.749. The first-order chi connectivity index (χ1) is 13.3. The zero-order valence-corrected chi connectivity index (χ0v) is 17.0. The van der Waals surface area contributed by atoms with Gasteiger partial charge in [-0.3, -0.25) is 9.59 Å². The lowest BCUT2D eigenvalue weighted by atomic mass is 10.1. The fourth-order valence-electron chi connectivity index (χ4n) is 3.51. The molecule has 0 saturated heterocycles. The first-order valence-corrected chi connectivity index (χ1v) is 11.4. The average Bonchev–Trinajstić information content (AvgIpc) is 3.31. The highest BCUT2D eigenvalue weighted by Gasteiger charge is 2.35. The number of benzene rings is 1. The monoisotopic (exact) mass is 419 g/mol. The summed E-state index contributed by atoms with van der Waals surface area (Å²) in [6.45, 7) is 0. The van der Waals surface area contributed by atoms with Gasteiger partial charge in [-0.25, -0.2) is 8.42 Å². The van der Waals surface area contributed by atoms with Crippen LogP contribution < -0.4 is 11.1 Å². The van der Waals surface area contributed by atoms with Gasteiger partial charge in [0.2, 0.25) is 10.0 Å². The number of rotatable bonds is 6. The number of amides is 2. The Labute approximate surface area is 167 Å². The third-order valence-corrected chi connectivity index (χ3v) is 8.38. The van der Waals surface area contributed by atoms with Crippen molar-refractivity contribution in [3.05, 3.63) is 45.8 Å². The van der Waals surface area contributed by atoms with E-state index in [9.17, 15) is 18.0 Å². The van der Waals surface area contributed by atoms with Crippen LogP contribution in [0, 0.1) is 0 Å². The van der Waals surface area contributed by atoms with Crippen molar-refractivity contribution in [2.75, 3.05) is 12.4 Å². The second-order valence-electron chi connectivity index (χ2n) is 7.16. The molecule has 1 saturated carbocycles. The molecule has 28 heavy (non-hydrogen) atoms. The molecule has 2 aliphatic carbocycles. The van der Waals surface area contributed by atoms with E-state index in [4.69, 9.17) is 5.73 Å². The Bertz CT molecular complexity index is 1050. The van der Waals surface area contributed by atoms with Gasteiger partial charge in [0.15, 0.2) is 0 Å². The molecule has 0 unspecified atom stereocenters. The standard InChI is InChI=1S/C19H21N3O4S2/c1-22(12-7-8-12)28(25,26)13-9-5-11(6-10-13)18(24)21-19-16(17(20)23)14-3-2-4-15(14)27-19/h5-6,9-10,12H,2-4,7-8H2,1H3,(H2,20,23)(H,21,24). The first kappa shape index (κ1) is 19.1. The van der Waals surface area contributed by atoms with Gasteiger partial charge in [-0.2, -0.15) is 4.31 Å². The summed E-state index contributed by atoms with van der Waals surface area (Å²) in [4.78, 5) is 25.7. The third kappa shape index (κ3) is 3.34. The minimum absolute atomic E-state index is 0.0703. The number of nitrogens with two attached hydrogens (primary N) is 1. The van der Waals surface area contributed by atoms with Crippen LogP contribution in [0.25, 0.3) is 0 Å². The van der Waals surface area contributed by atoms with Gasteiger partial charge in [-0.15, -0.1) is 11.3 Å². The van der Waals surface area contributed by atoms with Crippen molar-refractivity contribution in [2.24, 2.45) is 5.73 Å². The second-order valence-corrected chi connectivity index (χ2v) is 10.3. The SMILES string of the molecule is CN(C1CC1)S(=O)(=O)c1ccc(C(=O)Nc2sc3c(c2C(N)=O)CCC3)cc1. The Balaban J connectivity index is 1.54. The molecule has 2 aromatic rings. The predicted molar refractivity (Wildman–Crippen MR) is 107 cm³/mol. The number of hydrogen-bond donors (Lipinski definition) is 2. The Morgan fingerprint density at radius 2 is 1.86 bits per heavy atom. The number of sulfonamides is 1. The maximum atomic E-state index is 12.6. The molecule has 3 N–H and O–H groups in total. The number of thiophene rings is 1. The van der Waals surface area contributed by atoms with Gasteiger partial charge >= 0.3 is 0 Å². The van der Waals surface area contributed by atoms with Crippen molar-refractivity contribution >= 4 is 38.2 Å². The van der Waals surface area contributed by atoms with Crippen LogP contribution in [-0.4, -0.2) is 37.6 Å². The van der Waals surface area contributed by atoms with Crippen LogP contribution in [0.1, 0.15) is 50.4 Å². The van der Waals surface area contributed by atoms with Gasteiger partial charge < -0.3 is 11.1 Å². The number of fused-ring (bicyclic) bond motifs is 1. The summed E-state index contributed by atoms with van der Waals surface area (Å²) in [5, 5.41) is 3.23. The van der Waals surface area contributed by atoms with Gasteiger partial charge in [0.1, 0.15) is 5.00 Å². The first-order valence-electron chi connectivity index (χ1n) is 9.13. The fourth-order valence-corrected chi connectivity index (χ4v) is 6.21. The molecule has 1 aromatic carbocycles. The predicted octanol–water partition coefficient (Wildman–Crippen LogP) is 2.37. The normalized spacial score (nSPS) is 16.2. The molecule has 0 radical (unpaired) electrons. The Morgan fingerprint density at radius 1 is 1.18 bits per heavy atom. The maximum Gasteiger partial charge on any atom is 0.256 e. The van der Waals surface area contributed by atoms with E-state index in [1.165, 1.54) is 39.9 Å². The van der Waals surface area contributed by atoms with Crippen LogP contribution in [0.15, 0.2) is 29.2 Å². The van der Waals surface area contributed by atoms with Crippen LogP contribution in [0.3, 0.4) is 0 Å². The molecule has 7 nitrogen and oxygen atoms in total. The molecule has 0 spiro atoms. The van der Waals surface area contributed by atoms with E-state index in [1.54, 1.807) is 7.05 Å². The van der Waals surface area contributed by atoms with E-state index in [-0.39, 0.29) is 10.9 Å². The molecule has 1 aromatic heterocycles. The number of carbonyl (C=O) groups is 2. The van der Waals surface area contributed by atoms with E-state index < -0.39 is 21.8 Å². The zero-order chi connectivity index (χ0) is 20.1. The summed E-state index contributed by atoms with van der Waals surface area (Å²) in [6.07, 6.45) is 4.42. The van der Waals surface area contributed by atoms with Gasteiger partial charge in [-0.05, 0) is 61.9 Å². The van der Waals surface area contributed by atoms with Crippen molar-refractivity contribution in [2.45, 2.75) is 43.0 Å². The number of hydrogen-bond acceptors (Lipinski definition) is 5. The Hall–Kier alpha value is -2.23. The van der Waals surface area contributed by atoms with Gasteiger partial charge in [0.05, 0.1) is 10.5 Å². The van der Waals surface area contributed by atoms with Crippen molar-refractivity contribution in [3.63, 3.8) is 0 Å². The number of anilines is 1. The van der Waals surface area contributed by atoms with Gasteiger partial charge in [0.25, 0.3) is 11.8 Å². The Kier molecular flexibility index (Phi) is 4.76. The lowest BCUT2D eigenvalue weighted by Gasteiger charge is -2.16. The largest absolute Gasteiger partial charge is 0.365 e. The molecule has 1 heterocycles. The van der Waals surface area contributed by atoms with Crippen molar-refractivity contribution in [1.29, 1.82) is 0 Å². The topological polar surface area (TPSA) is 110 Å². The van der Waals surface area contributed by atoms with Crippen LogP contribution >= 0.6 is 11.3 Å². The molecule has 1 fully saturated rings. The highest BCUT2D eigenvalue weighted by atomic mass is 32.2. The molecule has 2 amide bonds. The fraction of sp³-hybridized carbons (Fsp3) is 0.368. The number of carbonyl (C=O) groups excluding carboxylic acids is 2. The zero-order valence-electron chi connectivity index (χ0n) is 15.4. The second kappa shape index (κ2) is 6.98. The summed E-state index contributed by atoms with van der Waals surface area (Å²) in [7, 11) is -1.97. The van der Waals surface area contributed by atoms with Crippen molar-refractivity contribution < 1.29 is 18.0 Å². The summed E-state index contributed by atoms with van der Waals surface area (Å²) >= 11 is 1.39. The molecule has 9 heteroatoms. The van der Waals surface area contributed by atoms with E-state index in [0.29, 0.717) is 16.1 Å². The average molecular weight is 420 g/mol. The minimum Gasteiger partial charge on any atom is -0.365 e. The molecule has 0 atom stereocenters. The van der Waals surface area contributed by atoms with Crippen molar-refractivity contribution in [1.82, 2.24) is 4.31 Å². The summed E-state index contributed by atoms with van der Waals surface area (Å²) in [5.74, 6) is -0.943. The van der Waals surface area contributed by atoms with Gasteiger partial charge in [-0.1, -0.05) is 0 Å². The lowest BCUT2D eigenvalue weighted by molar-refractivity contribution is 0.100. The van der Waals surface area contributed by atoms with Crippen LogP contribution in [0.2, 0.25) is 0 Å². The van der Waals surface area contributed by atoms with Crippen LogP contribution in [0.5, 0.6) is 0 Å². The highest BCUT2D eigenvalue weighted by molar-refractivity contribution is 7.89. The smallest absolute Gasteiger partial charge is 0.256 e. The number of primary amides is 1. The van der Waals surface area contributed by atoms with Crippen LogP contribution in [0.4, 0.5) is 5.00 Å². The minimum atomic E-state index is -3.55. The Morgan fingerprint density at radius 3 is 2.46 bits per heavy atom. The number of aryl methyl sites for hydroxylation is 1. The molecule has 0 bridgehead atoms. The maximum absolute atomic E-state index is 12.6. The molecule has 148 valence electrons. The molecular weight excluding hydrogens is 398 g/mol. The van der Waals surface area contributed by atoms with Gasteiger partial charge in [0, 0.05) is 23.5 Å². The summed E-state index contributed by atoms with van der Waals surface area (Å²) in [6, 6.07) is 5.91. The van der Waals surface area contributed by atoms with Crippen molar-refractivity contribution in [3.8, 4) is 0 Å². The molecule has 2 aliphatic rings. The number of nitrogens with zero attached hydrogens (tertiary/aromatic N) is 1. The van der Waals surface area contributed by atoms with E-state index in [2.05, 4.69) is 5.32 Å². The van der Waals surface area contributed by atoms with E-state index in [0.717, 1.165) is 42.5 Å². The third-order valence-electron chi connectivity index (χ3n) is 5.25. The highest BCUT2D eigenvalue weighted by Crippen LogP contribution is 2.39. The van der Waals surface area contributed by atoms with E-state index in [1.807, 2.05) is 0 Å². The lowest BCUT2D eigenvalue weighted by Crippen LogP contribution is -2.29. The molecule has 4 rings (SSSR count). The summed E-state index contributed by atoms with van der Waals surface area (Å²) < 4.78 is 26.5. The summed E-state index contributed by atoms with van der Waals surface area (Å²) in [5.41, 5.74) is 7.17. The number of nitrogens with one attached hydrogen (secondary N) is 1. The molecular formula is C19H21N3O4S2.